The van der Waals surface area contributed by atoms with E-state index in [1.54, 1.807) is 16.8 Å². The van der Waals surface area contributed by atoms with Crippen molar-refractivity contribution in [3.8, 4) is 5.69 Å². The smallest absolute Gasteiger partial charge is 0.257 e. The Morgan fingerprint density at radius 1 is 1.19 bits per heavy atom. The molecule has 0 saturated carbocycles. The van der Waals surface area contributed by atoms with Crippen LogP contribution in [0.25, 0.3) is 5.69 Å². The van der Waals surface area contributed by atoms with Gasteiger partial charge in [-0.2, -0.15) is 5.10 Å². The number of carbonyl (C=O) groups excluding carboxylic acids is 2. The zero-order chi connectivity index (χ0) is 19.6. The van der Waals surface area contributed by atoms with Crippen LogP contribution in [-0.4, -0.2) is 46.1 Å². The van der Waals surface area contributed by atoms with E-state index in [4.69, 9.17) is 0 Å². The number of aromatic nitrogens is 2. The Kier molecular flexibility index (Phi) is 5.58. The summed E-state index contributed by atoms with van der Waals surface area (Å²) in [6.45, 7) is 7.21. The zero-order valence-corrected chi connectivity index (χ0v) is 16.0. The molecule has 7 heteroatoms. The Bertz CT molecular complexity index is 836. The van der Waals surface area contributed by atoms with Gasteiger partial charge in [0.05, 0.1) is 22.6 Å². The van der Waals surface area contributed by atoms with Crippen molar-refractivity contribution in [1.82, 2.24) is 20.0 Å². The van der Waals surface area contributed by atoms with Gasteiger partial charge in [-0.3, -0.25) is 9.59 Å². The summed E-state index contributed by atoms with van der Waals surface area (Å²) in [5.74, 6) is 0.0603. The summed E-state index contributed by atoms with van der Waals surface area (Å²) >= 11 is 0. The van der Waals surface area contributed by atoms with Crippen molar-refractivity contribution in [2.24, 2.45) is 5.92 Å². The van der Waals surface area contributed by atoms with Crippen LogP contribution in [0.2, 0.25) is 0 Å². The van der Waals surface area contributed by atoms with Crippen molar-refractivity contribution < 1.29 is 14.0 Å². The second-order valence-corrected chi connectivity index (χ2v) is 7.11. The number of carbonyl (C=O) groups is 2. The highest BCUT2D eigenvalue weighted by Gasteiger charge is 2.28. The lowest BCUT2D eigenvalue weighted by molar-refractivity contribution is -0.119. The molecule has 0 aliphatic carbocycles. The van der Waals surface area contributed by atoms with E-state index in [0.29, 0.717) is 36.8 Å². The van der Waals surface area contributed by atoms with E-state index in [2.05, 4.69) is 10.4 Å². The van der Waals surface area contributed by atoms with Gasteiger partial charge in [0.25, 0.3) is 5.91 Å². The van der Waals surface area contributed by atoms with Gasteiger partial charge in [0.2, 0.25) is 5.91 Å². The minimum Gasteiger partial charge on any atom is -0.356 e. The Morgan fingerprint density at radius 3 is 2.41 bits per heavy atom. The van der Waals surface area contributed by atoms with Gasteiger partial charge in [-0.05, 0) is 56.9 Å². The van der Waals surface area contributed by atoms with Crippen LogP contribution in [0.3, 0.4) is 0 Å². The maximum Gasteiger partial charge on any atom is 0.257 e. The number of benzene rings is 1. The van der Waals surface area contributed by atoms with Crippen molar-refractivity contribution in [1.29, 1.82) is 0 Å². The molecule has 144 valence electrons. The third-order valence-electron chi connectivity index (χ3n) is 5.12. The molecule has 1 aliphatic rings. The average Bonchev–Trinajstić information content (AvgIpc) is 2.95. The van der Waals surface area contributed by atoms with Crippen molar-refractivity contribution in [2.75, 3.05) is 19.6 Å². The number of aryl methyl sites for hydroxylation is 1. The molecule has 1 aromatic heterocycles. The molecule has 0 radical (unpaired) electrons. The number of amides is 2. The summed E-state index contributed by atoms with van der Waals surface area (Å²) in [5, 5.41) is 7.34. The molecule has 1 aliphatic heterocycles. The van der Waals surface area contributed by atoms with Crippen LogP contribution in [-0.2, 0) is 4.79 Å². The Labute approximate surface area is 158 Å². The molecule has 0 bridgehead atoms. The lowest BCUT2D eigenvalue weighted by Crippen LogP contribution is -2.41. The number of likely N-dealkylation sites (tertiary alicyclic amines) is 1. The summed E-state index contributed by atoms with van der Waals surface area (Å²) in [6.07, 6.45) is 1.74. The molecule has 2 aromatic rings. The minimum atomic E-state index is -0.307. The van der Waals surface area contributed by atoms with Crippen LogP contribution in [0.1, 0.15) is 41.5 Å². The third-order valence-corrected chi connectivity index (χ3v) is 5.12. The zero-order valence-electron chi connectivity index (χ0n) is 16.0. The number of halogens is 1. The van der Waals surface area contributed by atoms with E-state index in [1.807, 2.05) is 18.7 Å². The van der Waals surface area contributed by atoms with Crippen molar-refractivity contribution >= 4 is 11.8 Å². The van der Waals surface area contributed by atoms with E-state index in [-0.39, 0.29) is 17.6 Å². The lowest BCUT2D eigenvalue weighted by Gasteiger charge is -2.32. The molecule has 1 aromatic carbocycles. The minimum absolute atomic E-state index is 0.0173. The van der Waals surface area contributed by atoms with Gasteiger partial charge in [0.1, 0.15) is 5.82 Å². The molecular weight excluding hydrogens is 347 g/mol. The first kappa shape index (κ1) is 19.1. The summed E-state index contributed by atoms with van der Waals surface area (Å²) in [4.78, 5) is 26.0. The monoisotopic (exact) mass is 372 g/mol. The fraction of sp³-hybridized carbons (Fsp3) is 0.450. The number of hydrogen-bond acceptors (Lipinski definition) is 3. The lowest BCUT2D eigenvalue weighted by atomic mass is 9.96. The highest BCUT2D eigenvalue weighted by Crippen LogP contribution is 2.23. The first-order chi connectivity index (χ1) is 12.9. The second kappa shape index (κ2) is 7.90. The predicted octanol–water partition coefficient (Wildman–Crippen LogP) is 2.62. The van der Waals surface area contributed by atoms with Gasteiger partial charge in [0.15, 0.2) is 0 Å². The summed E-state index contributed by atoms with van der Waals surface area (Å²) in [6, 6.07) is 6.06. The summed E-state index contributed by atoms with van der Waals surface area (Å²) in [5.41, 5.74) is 2.76. The second-order valence-electron chi connectivity index (χ2n) is 7.11. The average molecular weight is 372 g/mol. The van der Waals surface area contributed by atoms with Gasteiger partial charge in [0, 0.05) is 26.6 Å². The van der Waals surface area contributed by atoms with Gasteiger partial charge >= 0.3 is 0 Å². The van der Waals surface area contributed by atoms with Gasteiger partial charge in [-0.25, -0.2) is 9.07 Å². The molecule has 0 spiro atoms. The van der Waals surface area contributed by atoms with Crippen molar-refractivity contribution in [3.63, 3.8) is 0 Å². The van der Waals surface area contributed by atoms with E-state index < -0.39 is 0 Å². The fourth-order valence-corrected chi connectivity index (χ4v) is 3.57. The maximum atomic E-state index is 13.2. The number of nitrogens with one attached hydrogen (secondary N) is 1. The van der Waals surface area contributed by atoms with Crippen molar-refractivity contribution in [3.05, 3.63) is 47.0 Å². The molecule has 1 fully saturated rings. The van der Waals surface area contributed by atoms with Gasteiger partial charge in [-0.1, -0.05) is 0 Å². The maximum absolute atomic E-state index is 13.2. The van der Waals surface area contributed by atoms with Crippen LogP contribution in [0, 0.1) is 25.6 Å². The van der Waals surface area contributed by atoms with E-state index in [9.17, 15) is 14.0 Å². The van der Waals surface area contributed by atoms with Crippen LogP contribution >= 0.6 is 0 Å². The molecule has 27 heavy (non-hydrogen) atoms. The highest BCUT2D eigenvalue weighted by atomic mass is 19.1. The Balaban J connectivity index is 1.72. The summed E-state index contributed by atoms with van der Waals surface area (Å²) in [7, 11) is 0. The molecule has 2 amide bonds. The molecule has 0 atom stereocenters. The van der Waals surface area contributed by atoms with Gasteiger partial charge < -0.3 is 10.2 Å². The highest BCUT2D eigenvalue weighted by molar-refractivity contribution is 5.96. The van der Waals surface area contributed by atoms with E-state index in [0.717, 1.165) is 24.2 Å². The first-order valence-corrected chi connectivity index (χ1v) is 9.22. The number of piperidine rings is 1. The Hall–Kier alpha value is -2.70. The van der Waals surface area contributed by atoms with E-state index in [1.165, 1.54) is 19.1 Å². The van der Waals surface area contributed by atoms with E-state index >= 15 is 0 Å². The summed E-state index contributed by atoms with van der Waals surface area (Å²) < 4.78 is 14.9. The molecule has 1 saturated heterocycles. The van der Waals surface area contributed by atoms with Crippen molar-refractivity contribution in [2.45, 2.75) is 33.6 Å². The third kappa shape index (κ3) is 4.18. The number of nitrogens with zero attached hydrogens (tertiary/aromatic N) is 3. The number of hydrogen-bond donors (Lipinski definition) is 1. The normalized spacial score (nSPS) is 15.0. The molecular formula is C20H25FN4O2. The molecule has 2 heterocycles. The Morgan fingerprint density at radius 2 is 1.81 bits per heavy atom. The van der Waals surface area contributed by atoms with Crippen LogP contribution in [0.15, 0.2) is 24.3 Å². The van der Waals surface area contributed by atoms with Gasteiger partial charge in [-0.15, -0.1) is 0 Å². The standard InChI is InChI=1S/C20H25FN4O2/c1-13-19(14(2)25(23-13)18-6-4-17(21)5-7-18)20(27)24-10-8-16(9-11-24)12-22-15(3)26/h4-7,16H,8-12H2,1-3H3,(H,22,26). The van der Waals surface area contributed by atoms with Crippen LogP contribution in [0.5, 0.6) is 0 Å². The van der Waals surface area contributed by atoms with Crippen LogP contribution in [0.4, 0.5) is 4.39 Å². The quantitative estimate of drug-likeness (QED) is 0.897. The SMILES string of the molecule is CC(=O)NCC1CCN(C(=O)c2c(C)nn(-c3ccc(F)cc3)c2C)CC1. The number of rotatable bonds is 4. The topological polar surface area (TPSA) is 67.2 Å². The molecule has 6 nitrogen and oxygen atoms in total. The largest absolute Gasteiger partial charge is 0.356 e. The first-order valence-electron chi connectivity index (χ1n) is 9.22. The molecule has 0 unspecified atom stereocenters. The van der Waals surface area contributed by atoms with Crippen LogP contribution < -0.4 is 5.32 Å². The molecule has 3 rings (SSSR count). The fourth-order valence-electron chi connectivity index (χ4n) is 3.57. The molecule has 1 N–H and O–H groups in total. The predicted molar refractivity (Wildman–Crippen MR) is 100 cm³/mol.